The Bertz CT molecular complexity index is 1350. The van der Waals surface area contributed by atoms with Crippen molar-refractivity contribution in [3.63, 3.8) is 0 Å². The van der Waals surface area contributed by atoms with Crippen LogP contribution in [0.2, 0.25) is 0 Å². The summed E-state index contributed by atoms with van der Waals surface area (Å²) in [5.74, 6) is 0.119. The van der Waals surface area contributed by atoms with Crippen molar-refractivity contribution in [2.75, 3.05) is 11.9 Å². The highest BCUT2D eigenvalue weighted by Gasteiger charge is 2.30. The highest BCUT2D eigenvalue weighted by molar-refractivity contribution is 6.04. The van der Waals surface area contributed by atoms with Crippen molar-refractivity contribution in [3.8, 4) is 23.3 Å². The molecule has 2 N–H and O–H groups in total. The van der Waals surface area contributed by atoms with Crippen molar-refractivity contribution in [1.29, 1.82) is 5.26 Å². The summed E-state index contributed by atoms with van der Waals surface area (Å²) in [6, 6.07) is 14.9. The van der Waals surface area contributed by atoms with E-state index in [2.05, 4.69) is 5.32 Å². The van der Waals surface area contributed by atoms with Gasteiger partial charge in [0, 0.05) is 29.3 Å². The molecular weight excluding hydrogens is 481 g/mol. The fraction of sp³-hybridized carbons (Fsp3) is 0.160. The molecule has 1 aliphatic heterocycles. The number of benzene rings is 3. The summed E-state index contributed by atoms with van der Waals surface area (Å²) in [6.45, 7) is 0.214. The van der Waals surface area contributed by atoms with Gasteiger partial charge in [-0.1, -0.05) is 6.07 Å². The molecule has 1 amide bonds. The number of nitrogens with zero attached hydrogens (tertiary/aromatic N) is 1. The van der Waals surface area contributed by atoms with Gasteiger partial charge < -0.3 is 24.6 Å². The number of ether oxygens (including phenoxy) is 3. The van der Waals surface area contributed by atoms with E-state index in [0.29, 0.717) is 17.7 Å². The Balaban J connectivity index is 1.49. The first-order valence-corrected chi connectivity index (χ1v) is 10.5. The molecule has 4 rings (SSSR count). The SMILES string of the molecule is N#Cc1cc2c(cc1Oc1ccc(C(=O)Nc3cccc(C(F)(F)F)c3)cc1)OCCC2OC(=O)O. The lowest BCUT2D eigenvalue weighted by Crippen LogP contribution is -2.19. The van der Waals surface area contributed by atoms with Gasteiger partial charge in [0.15, 0.2) is 0 Å². The number of fused-ring (bicyclic) bond motifs is 1. The van der Waals surface area contributed by atoms with Gasteiger partial charge >= 0.3 is 12.3 Å². The predicted octanol–water partition coefficient (Wildman–Crippen LogP) is 6.14. The number of carbonyl (C=O) groups excluding carboxylic acids is 1. The highest BCUT2D eigenvalue weighted by atomic mass is 19.4. The van der Waals surface area contributed by atoms with Gasteiger partial charge in [0.05, 0.1) is 17.7 Å². The van der Waals surface area contributed by atoms with Crippen LogP contribution >= 0.6 is 0 Å². The van der Waals surface area contributed by atoms with Crippen LogP contribution in [-0.2, 0) is 10.9 Å². The fourth-order valence-corrected chi connectivity index (χ4v) is 3.58. The molecule has 36 heavy (non-hydrogen) atoms. The lowest BCUT2D eigenvalue weighted by atomic mass is 10.00. The number of amides is 1. The average molecular weight is 498 g/mol. The molecule has 3 aromatic carbocycles. The molecule has 1 atom stereocenters. The highest BCUT2D eigenvalue weighted by Crippen LogP contribution is 2.40. The van der Waals surface area contributed by atoms with Crippen molar-refractivity contribution < 1.29 is 42.1 Å². The Morgan fingerprint density at radius 2 is 1.86 bits per heavy atom. The third-order valence-electron chi connectivity index (χ3n) is 5.25. The zero-order valence-corrected chi connectivity index (χ0v) is 18.3. The minimum Gasteiger partial charge on any atom is -0.493 e. The smallest absolute Gasteiger partial charge is 0.493 e. The molecule has 1 aliphatic rings. The Labute approximate surface area is 202 Å². The number of halogens is 3. The molecule has 8 nitrogen and oxygen atoms in total. The summed E-state index contributed by atoms with van der Waals surface area (Å²) in [7, 11) is 0. The molecule has 0 bridgehead atoms. The summed E-state index contributed by atoms with van der Waals surface area (Å²) in [6.07, 6.45) is -6.45. The Kier molecular flexibility index (Phi) is 6.69. The molecule has 3 aromatic rings. The average Bonchev–Trinajstić information content (AvgIpc) is 2.83. The van der Waals surface area contributed by atoms with E-state index in [-0.39, 0.29) is 34.9 Å². The van der Waals surface area contributed by atoms with E-state index in [9.17, 15) is 28.0 Å². The summed E-state index contributed by atoms with van der Waals surface area (Å²) in [5, 5.41) is 20.9. The molecule has 0 fully saturated rings. The summed E-state index contributed by atoms with van der Waals surface area (Å²) in [5.41, 5.74) is -0.193. The topological polar surface area (TPSA) is 118 Å². The van der Waals surface area contributed by atoms with Gasteiger partial charge in [-0.05, 0) is 48.5 Å². The molecule has 0 radical (unpaired) electrons. The van der Waals surface area contributed by atoms with Crippen molar-refractivity contribution in [1.82, 2.24) is 0 Å². The Hall–Kier alpha value is -4.72. The van der Waals surface area contributed by atoms with Crippen LogP contribution in [0.4, 0.5) is 23.7 Å². The van der Waals surface area contributed by atoms with E-state index in [0.717, 1.165) is 12.1 Å². The minimum absolute atomic E-state index is 0.00643. The second kappa shape index (κ2) is 9.87. The zero-order chi connectivity index (χ0) is 25.9. The monoisotopic (exact) mass is 498 g/mol. The second-order valence-electron chi connectivity index (χ2n) is 7.67. The number of nitrogens with one attached hydrogen (secondary N) is 1. The van der Waals surface area contributed by atoms with E-state index < -0.39 is 29.9 Å². The summed E-state index contributed by atoms with van der Waals surface area (Å²) >= 11 is 0. The molecule has 0 spiro atoms. The van der Waals surface area contributed by atoms with Gasteiger partial charge in [-0.3, -0.25) is 4.79 Å². The normalized spacial score (nSPS) is 14.6. The maximum absolute atomic E-state index is 12.9. The number of nitriles is 1. The van der Waals surface area contributed by atoms with E-state index in [4.69, 9.17) is 19.3 Å². The lowest BCUT2D eigenvalue weighted by Gasteiger charge is -2.25. The molecule has 1 unspecified atom stereocenters. The van der Waals surface area contributed by atoms with Crippen molar-refractivity contribution in [3.05, 3.63) is 82.9 Å². The summed E-state index contributed by atoms with van der Waals surface area (Å²) in [4.78, 5) is 23.4. The molecule has 0 aromatic heterocycles. The van der Waals surface area contributed by atoms with Crippen LogP contribution in [0.3, 0.4) is 0 Å². The van der Waals surface area contributed by atoms with Crippen LogP contribution in [0, 0.1) is 11.3 Å². The molecule has 1 heterocycles. The molecular formula is C25H17F3N2O6. The minimum atomic E-state index is -4.53. The first kappa shape index (κ1) is 24.4. The lowest BCUT2D eigenvalue weighted by molar-refractivity contribution is -0.137. The number of carbonyl (C=O) groups is 2. The van der Waals surface area contributed by atoms with Gasteiger partial charge in [0.2, 0.25) is 0 Å². The first-order chi connectivity index (χ1) is 17.1. The van der Waals surface area contributed by atoms with Gasteiger partial charge in [-0.15, -0.1) is 0 Å². The number of alkyl halides is 3. The van der Waals surface area contributed by atoms with Gasteiger partial charge in [-0.25, -0.2) is 4.79 Å². The number of carboxylic acid groups (broad SMARTS) is 1. The fourth-order valence-electron chi connectivity index (χ4n) is 3.58. The third-order valence-corrected chi connectivity index (χ3v) is 5.25. The second-order valence-corrected chi connectivity index (χ2v) is 7.67. The van der Waals surface area contributed by atoms with Crippen LogP contribution < -0.4 is 14.8 Å². The zero-order valence-electron chi connectivity index (χ0n) is 18.3. The van der Waals surface area contributed by atoms with Crippen molar-refractivity contribution in [2.24, 2.45) is 0 Å². The quantitative estimate of drug-likeness (QED) is 0.406. The molecule has 0 saturated heterocycles. The van der Waals surface area contributed by atoms with Crippen LogP contribution in [0.5, 0.6) is 17.2 Å². The molecule has 0 aliphatic carbocycles. The third kappa shape index (κ3) is 5.50. The predicted molar refractivity (Wildman–Crippen MR) is 119 cm³/mol. The van der Waals surface area contributed by atoms with Gasteiger partial charge in [-0.2, -0.15) is 18.4 Å². The number of rotatable bonds is 5. The van der Waals surface area contributed by atoms with E-state index in [1.54, 1.807) is 0 Å². The van der Waals surface area contributed by atoms with Crippen LogP contribution in [0.1, 0.15) is 39.6 Å². The molecule has 184 valence electrons. The number of hydrogen-bond acceptors (Lipinski definition) is 6. The standard InChI is InChI=1S/C25H17F3N2O6/c26-25(27,28)16-2-1-3-17(11-16)30-23(31)14-4-6-18(7-5-14)35-21-12-22-19(10-15(21)13-29)20(8-9-34-22)36-24(32)33/h1-7,10-12,20H,8-9H2,(H,30,31)(H,32,33). The van der Waals surface area contributed by atoms with Crippen LogP contribution in [-0.4, -0.2) is 23.8 Å². The molecule has 11 heteroatoms. The largest absolute Gasteiger partial charge is 0.506 e. The maximum Gasteiger partial charge on any atom is 0.506 e. The van der Waals surface area contributed by atoms with E-state index in [1.807, 2.05) is 6.07 Å². The number of hydrogen-bond donors (Lipinski definition) is 2. The van der Waals surface area contributed by atoms with Gasteiger partial charge in [0.1, 0.15) is 29.4 Å². The van der Waals surface area contributed by atoms with Crippen LogP contribution in [0.15, 0.2) is 60.7 Å². The molecule has 0 saturated carbocycles. The van der Waals surface area contributed by atoms with Crippen LogP contribution in [0.25, 0.3) is 0 Å². The first-order valence-electron chi connectivity index (χ1n) is 10.5. The number of anilines is 1. The van der Waals surface area contributed by atoms with Gasteiger partial charge in [0.25, 0.3) is 5.91 Å². The Morgan fingerprint density at radius 1 is 1.11 bits per heavy atom. The Morgan fingerprint density at radius 3 is 2.53 bits per heavy atom. The van der Waals surface area contributed by atoms with E-state index in [1.165, 1.54) is 48.5 Å². The van der Waals surface area contributed by atoms with Crippen molar-refractivity contribution in [2.45, 2.75) is 18.7 Å². The van der Waals surface area contributed by atoms with Crippen molar-refractivity contribution >= 4 is 17.7 Å². The summed E-state index contributed by atoms with van der Waals surface area (Å²) < 4.78 is 54.9. The van der Waals surface area contributed by atoms with E-state index >= 15 is 0 Å². The maximum atomic E-state index is 12.9.